The zero-order valence-corrected chi connectivity index (χ0v) is 9.36. The van der Waals surface area contributed by atoms with E-state index >= 15 is 0 Å². The molecule has 0 heterocycles. The third-order valence-electron chi connectivity index (χ3n) is 1.88. The van der Waals surface area contributed by atoms with Crippen LogP contribution in [0, 0.1) is 10.1 Å². The molecule has 0 spiro atoms. The lowest BCUT2D eigenvalue weighted by Crippen LogP contribution is -2.10. The highest BCUT2D eigenvalue weighted by molar-refractivity contribution is 7.80. The van der Waals surface area contributed by atoms with Gasteiger partial charge in [-0.1, -0.05) is 0 Å². The summed E-state index contributed by atoms with van der Waals surface area (Å²) in [6.45, 7) is 1.79. The molecule has 6 nitrogen and oxygen atoms in total. The number of nitrogens with two attached hydrogens (primary N) is 1. The smallest absolute Gasteiger partial charge is 0.341 e. The zero-order valence-electron chi connectivity index (χ0n) is 8.47. The van der Waals surface area contributed by atoms with Crippen molar-refractivity contribution in [1.29, 1.82) is 0 Å². The van der Waals surface area contributed by atoms with Gasteiger partial charge >= 0.3 is 5.97 Å². The number of benzene rings is 1. The van der Waals surface area contributed by atoms with Crippen LogP contribution in [-0.2, 0) is 4.74 Å². The van der Waals surface area contributed by atoms with E-state index in [0.29, 0.717) is 0 Å². The van der Waals surface area contributed by atoms with Gasteiger partial charge in [0.25, 0.3) is 5.69 Å². The molecule has 0 atom stereocenters. The first kappa shape index (κ1) is 12.3. The molecular weight excluding hydrogens is 232 g/mol. The van der Waals surface area contributed by atoms with E-state index in [1.807, 2.05) is 0 Å². The maximum Gasteiger partial charge on any atom is 0.341 e. The number of nitro groups is 1. The Kier molecular flexibility index (Phi) is 3.73. The van der Waals surface area contributed by atoms with Crippen LogP contribution in [0.2, 0.25) is 0 Å². The Balaban J connectivity index is 3.31. The Hall–Kier alpha value is -1.76. The molecule has 1 rings (SSSR count). The highest BCUT2D eigenvalue weighted by atomic mass is 32.1. The third kappa shape index (κ3) is 2.25. The van der Waals surface area contributed by atoms with E-state index in [1.54, 1.807) is 6.92 Å². The van der Waals surface area contributed by atoms with Crippen molar-refractivity contribution in [3.8, 4) is 0 Å². The highest BCUT2D eigenvalue weighted by Crippen LogP contribution is 2.30. The number of esters is 1. The molecular formula is C9H10N2O4S. The van der Waals surface area contributed by atoms with Gasteiger partial charge in [0, 0.05) is 11.0 Å². The second-order valence-corrected chi connectivity index (χ2v) is 3.35. The molecule has 16 heavy (non-hydrogen) atoms. The second-order valence-electron chi connectivity index (χ2n) is 2.87. The molecule has 2 N–H and O–H groups in total. The van der Waals surface area contributed by atoms with Crippen LogP contribution in [-0.4, -0.2) is 17.5 Å². The summed E-state index contributed by atoms with van der Waals surface area (Å²) in [7, 11) is 0. The lowest BCUT2D eigenvalue weighted by molar-refractivity contribution is -0.384. The van der Waals surface area contributed by atoms with Gasteiger partial charge in [-0.2, -0.15) is 0 Å². The minimum atomic E-state index is -0.714. The summed E-state index contributed by atoms with van der Waals surface area (Å²) in [6.07, 6.45) is 0. The average molecular weight is 242 g/mol. The van der Waals surface area contributed by atoms with Crippen LogP contribution in [0.25, 0.3) is 0 Å². The number of carbonyl (C=O) groups is 1. The largest absolute Gasteiger partial charge is 0.462 e. The van der Waals surface area contributed by atoms with Crippen LogP contribution in [0.1, 0.15) is 17.3 Å². The Bertz CT molecular complexity index is 447. The lowest BCUT2D eigenvalue weighted by atomic mass is 10.1. The van der Waals surface area contributed by atoms with Crippen molar-refractivity contribution < 1.29 is 14.5 Å². The quantitative estimate of drug-likeness (QED) is 0.276. The van der Waals surface area contributed by atoms with E-state index in [0.717, 1.165) is 0 Å². The number of rotatable bonds is 3. The molecule has 1 aromatic carbocycles. The summed E-state index contributed by atoms with van der Waals surface area (Å²) < 4.78 is 4.73. The van der Waals surface area contributed by atoms with Crippen molar-refractivity contribution in [1.82, 2.24) is 0 Å². The fraction of sp³-hybridized carbons (Fsp3) is 0.222. The zero-order chi connectivity index (χ0) is 12.3. The summed E-state index contributed by atoms with van der Waals surface area (Å²) >= 11 is 4.01. The topological polar surface area (TPSA) is 95.5 Å². The molecule has 7 heteroatoms. The van der Waals surface area contributed by atoms with Gasteiger partial charge in [-0.05, 0) is 13.0 Å². The van der Waals surface area contributed by atoms with E-state index in [-0.39, 0.29) is 28.4 Å². The number of anilines is 1. The molecule has 0 aromatic heterocycles. The van der Waals surface area contributed by atoms with Crippen LogP contribution in [0.15, 0.2) is 17.0 Å². The second kappa shape index (κ2) is 4.84. The van der Waals surface area contributed by atoms with Crippen molar-refractivity contribution in [3.63, 3.8) is 0 Å². The molecule has 0 saturated heterocycles. The molecule has 0 radical (unpaired) electrons. The SMILES string of the molecule is CCOC(=O)c1c(S)ccc([N+](=O)[O-])c1N. The predicted octanol–water partition coefficient (Wildman–Crippen LogP) is 1.64. The Labute approximate surface area is 96.9 Å². The summed E-state index contributed by atoms with van der Waals surface area (Å²) in [5.74, 6) is -0.714. The van der Waals surface area contributed by atoms with Crippen molar-refractivity contribution >= 4 is 30.0 Å². The highest BCUT2D eigenvalue weighted by Gasteiger charge is 2.22. The van der Waals surface area contributed by atoms with Crippen LogP contribution in [0.3, 0.4) is 0 Å². The van der Waals surface area contributed by atoms with Gasteiger partial charge in [-0.25, -0.2) is 4.79 Å². The minimum absolute atomic E-state index is 0.0700. The van der Waals surface area contributed by atoms with E-state index in [9.17, 15) is 14.9 Å². The first-order valence-electron chi connectivity index (χ1n) is 4.42. The third-order valence-corrected chi connectivity index (χ3v) is 2.25. The number of ether oxygens (including phenoxy) is 1. The Morgan fingerprint density at radius 2 is 2.25 bits per heavy atom. The van der Waals surface area contributed by atoms with E-state index in [4.69, 9.17) is 10.5 Å². The monoisotopic (exact) mass is 242 g/mol. The Morgan fingerprint density at radius 1 is 1.62 bits per heavy atom. The molecule has 0 unspecified atom stereocenters. The Morgan fingerprint density at radius 3 is 2.75 bits per heavy atom. The van der Waals surface area contributed by atoms with Gasteiger partial charge in [-0.3, -0.25) is 10.1 Å². The van der Waals surface area contributed by atoms with Gasteiger partial charge in [0.05, 0.1) is 11.5 Å². The number of carbonyl (C=O) groups excluding carboxylic acids is 1. The molecule has 0 aliphatic heterocycles. The molecule has 0 bridgehead atoms. The van der Waals surface area contributed by atoms with Crippen LogP contribution < -0.4 is 5.73 Å². The molecule has 0 amide bonds. The first-order valence-corrected chi connectivity index (χ1v) is 4.86. The molecule has 0 fully saturated rings. The summed E-state index contributed by atoms with van der Waals surface area (Å²) in [5.41, 5.74) is 4.90. The number of hydrogen-bond acceptors (Lipinski definition) is 6. The first-order chi connectivity index (χ1) is 7.49. The van der Waals surface area contributed by atoms with E-state index in [2.05, 4.69) is 12.6 Å². The fourth-order valence-electron chi connectivity index (χ4n) is 1.17. The lowest BCUT2D eigenvalue weighted by Gasteiger charge is -2.07. The molecule has 1 aromatic rings. The summed E-state index contributed by atoms with van der Waals surface area (Å²) in [6, 6.07) is 2.53. The summed E-state index contributed by atoms with van der Waals surface area (Å²) in [4.78, 5) is 21.7. The fourth-order valence-corrected chi connectivity index (χ4v) is 1.46. The molecule has 0 aliphatic rings. The van der Waals surface area contributed by atoms with Crippen molar-refractivity contribution in [2.24, 2.45) is 0 Å². The van der Waals surface area contributed by atoms with Crippen molar-refractivity contribution in [3.05, 3.63) is 27.8 Å². The standard InChI is InChI=1S/C9H10N2O4S/c1-2-15-9(12)7-6(16)4-3-5(8(7)10)11(13)14/h3-4,16H,2,10H2,1H3. The number of nitro benzene ring substituents is 1. The predicted molar refractivity (Wildman–Crippen MR) is 60.7 cm³/mol. The maximum absolute atomic E-state index is 11.5. The van der Waals surface area contributed by atoms with Crippen LogP contribution in [0.4, 0.5) is 11.4 Å². The van der Waals surface area contributed by atoms with Crippen LogP contribution >= 0.6 is 12.6 Å². The molecule has 86 valence electrons. The number of nitrogen functional groups attached to an aromatic ring is 1. The van der Waals surface area contributed by atoms with Gasteiger partial charge < -0.3 is 10.5 Å². The van der Waals surface area contributed by atoms with Gasteiger partial charge in [-0.15, -0.1) is 12.6 Å². The van der Waals surface area contributed by atoms with Crippen molar-refractivity contribution in [2.75, 3.05) is 12.3 Å². The number of thiol groups is 1. The number of hydrogen-bond donors (Lipinski definition) is 2. The van der Waals surface area contributed by atoms with E-state index < -0.39 is 10.9 Å². The minimum Gasteiger partial charge on any atom is -0.462 e. The van der Waals surface area contributed by atoms with Gasteiger partial charge in [0.2, 0.25) is 0 Å². The van der Waals surface area contributed by atoms with Crippen LogP contribution in [0.5, 0.6) is 0 Å². The molecule has 0 saturated carbocycles. The normalized spacial score (nSPS) is 9.88. The number of nitrogens with zero attached hydrogens (tertiary/aromatic N) is 1. The van der Waals surface area contributed by atoms with Gasteiger partial charge in [0.1, 0.15) is 11.3 Å². The van der Waals surface area contributed by atoms with E-state index in [1.165, 1.54) is 12.1 Å². The van der Waals surface area contributed by atoms with Gasteiger partial charge in [0.15, 0.2) is 0 Å². The maximum atomic E-state index is 11.5. The molecule has 0 aliphatic carbocycles. The summed E-state index contributed by atoms with van der Waals surface area (Å²) in [5, 5.41) is 10.6. The average Bonchev–Trinajstić information content (AvgIpc) is 2.17. The van der Waals surface area contributed by atoms with Crippen molar-refractivity contribution in [2.45, 2.75) is 11.8 Å².